The number of hydrogen-bond acceptors (Lipinski definition) is 4. The highest BCUT2D eigenvalue weighted by atomic mass is 16.5. The van der Waals surface area contributed by atoms with Crippen LogP contribution in [0.3, 0.4) is 0 Å². The number of aromatic amines is 1. The number of ether oxygens (including phenoxy) is 1. The molecule has 130 valence electrons. The maximum Gasteiger partial charge on any atom is 0.305 e. The molecule has 0 aliphatic heterocycles. The number of hydrogen-bond donors (Lipinski definition) is 2. The number of aromatic nitrogens is 2. The van der Waals surface area contributed by atoms with Crippen LogP contribution in [0.1, 0.15) is 55.1 Å². The van der Waals surface area contributed by atoms with E-state index in [4.69, 9.17) is 4.74 Å². The normalized spacial score (nSPS) is 10.8. The Labute approximate surface area is 142 Å². The minimum absolute atomic E-state index is 0.133. The average Bonchev–Trinajstić information content (AvgIpc) is 2.97. The molecule has 2 aromatic rings. The summed E-state index contributed by atoms with van der Waals surface area (Å²) in [5.41, 5.74) is 2.40. The molecular formula is C18H25N3O3. The van der Waals surface area contributed by atoms with E-state index in [9.17, 15) is 9.59 Å². The Morgan fingerprint density at radius 2 is 2.00 bits per heavy atom. The zero-order chi connectivity index (χ0) is 17.4. The first-order chi connectivity index (χ1) is 11.6. The summed E-state index contributed by atoms with van der Waals surface area (Å²) in [6, 6.07) is 5.87. The standard InChI is InChI=1S/C18H25N3O3/c1-3-24-16(22)8-6-4-5-7-11-19-18(23)17-14-12-13(2)9-10-15(14)20-21-17/h9-10,12H,3-8,11H2,1-2H3,(H,19,23)(H,20,21). The van der Waals surface area contributed by atoms with E-state index in [-0.39, 0.29) is 11.9 Å². The van der Waals surface area contributed by atoms with Gasteiger partial charge in [0.05, 0.1) is 12.1 Å². The molecule has 0 radical (unpaired) electrons. The summed E-state index contributed by atoms with van der Waals surface area (Å²) in [4.78, 5) is 23.4. The van der Waals surface area contributed by atoms with Crippen molar-refractivity contribution in [3.8, 4) is 0 Å². The van der Waals surface area contributed by atoms with Crippen LogP contribution in [0.2, 0.25) is 0 Å². The monoisotopic (exact) mass is 331 g/mol. The summed E-state index contributed by atoms with van der Waals surface area (Å²) in [5.74, 6) is -0.287. The first-order valence-corrected chi connectivity index (χ1v) is 8.50. The number of rotatable bonds is 9. The highest BCUT2D eigenvalue weighted by Gasteiger charge is 2.13. The van der Waals surface area contributed by atoms with E-state index in [1.807, 2.05) is 32.0 Å². The van der Waals surface area contributed by atoms with Gasteiger partial charge in [0.25, 0.3) is 5.91 Å². The Hall–Kier alpha value is -2.37. The van der Waals surface area contributed by atoms with Gasteiger partial charge in [0.2, 0.25) is 0 Å². The maximum absolute atomic E-state index is 12.2. The first-order valence-electron chi connectivity index (χ1n) is 8.50. The van der Waals surface area contributed by atoms with Gasteiger partial charge >= 0.3 is 5.97 Å². The fraction of sp³-hybridized carbons (Fsp3) is 0.500. The number of unbranched alkanes of at least 4 members (excludes halogenated alkanes) is 3. The predicted molar refractivity (Wildman–Crippen MR) is 92.9 cm³/mol. The molecule has 0 fully saturated rings. The number of esters is 1. The molecule has 1 amide bonds. The largest absolute Gasteiger partial charge is 0.466 e. The van der Waals surface area contributed by atoms with Crippen LogP contribution in [-0.2, 0) is 9.53 Å². The fourth-order valence-electron chi connectivity index (χ4n) is 2.57. The van der Waals surface area contributed by atoms with Crippen molar-refractivity contribution in [3.63, 3.8) is 0 Å². The van der Waals surface area contributed by atoms with Gasteiger partial charge in [-0.15, -0.1) is 0 Å². The van der Waals surface area contributed by atoms with Gasteiger partial charge in [-0.1, -0.05) is 24.5 Å². The van der Waals surface area contributed by atoms with Gasteiger partial charge in [-0.25, -0.2) is 0 Å². The van der Waals surface area contributed by atoms with Gasteiger partial charge in [-0.2, -0.15) is 5.10 Å². The molecule has 24 heavy (non-hydrogen) atoms. The van der Waals surface area contributed by atoms with Crippen molar-refractivity contribution >= 4 is 22.8 Å². The van der Waals surface area contributed by atoms with Crippen molar-refractivity contribution in [3.05, 3.63) is 29.5 Å². The van der Waals surface area contributed by atoms with Crippen molar-refractivity contribution in [1.29, 1.82) is 0 Å². The van der Waals surface area contributed by atoms with Crippen LogP contribution in [0.5, 0.6) is 0 Å². The topological polar surface area (TPSA) is 84.1 Å². The summed E-state index contributed by atoms with van der Waals surface area (Å²) in [5, 5.41) is 10.7. The molecular weight excluding hydrogens is 306 g/mol. The maximum atomic E-state index is 12.2. The minimum Gasteiger partial charge on any atom is -0.466 e. The quantitative estimate of drug-likeness (QED) is 0.546. The van der Waals surface area contributed by atoms with Crippen molar-refractivity contribution in [2.45, 2.75) is 46.0 Å². The van der Waals surface area contributed by atoms with Gasteiger partial charge in [-0.3, -0.25) is 14.7 Å². The number of fused-ring (bicyclic) bond motifs is 1. The highest BCUT2D eigenvalue weighted by Crippen LogP contribution is 2.17. The summed E-state index contributed by atoms with van der Waals surface area (Å²) < 4.78 is 4.88. The lowest BCUT2D eigenvalue weighted by molar-refractivity contribution is -0.143. The number of aryl methyl sites for hydroxylation is 1. The molecule has 0 saturated heterocycles. The number of nitrogens with zero attached hydrogens (tertiary/aromatic N) is 1. The Kier molecular flexibility index (Phi) is 6.78. The van der Waals surface area contributed by atoms with Crippen molar-refractivity contribution in [2.75, 3.05) is 13.2 Å². The number of amides is 1. The third-order valence-corrected chi connectivity index (χ3v) is 3.83. The third-order valence-electron chi connectivity index (χ3n) is 3.83. The molecule has 1 aromatic carbocycles. The Bertz CT molecular complexity index is 694. The zero-order valence-electron chi connectivity index (χ0n) is 14.4. The van der Waals surface area contributed by atoms with E-state index >= 15 is 0 Å². The first kappa shape index (κ1) is 18.0. The number of nitrogens with one attached hydrogen (secondary N) is 2. The van der Waals surface area contributed by atoms with Crippen molar-refractivity contribution < 1.29 is 14.3 Å². The second kappa shape index (κ2) is 9.05. The highest BCUT2D eigenvalue weighted by molar-refractivity contribution is 6.04. The predicted octanol–water partition coefficient (Wildman–Crippen LogP) is 3.11. The molecule has 2 N–H and O–H groups in total. The molecule has 0 aliphatic carbocycles. The van der Waals surface area contributed by atoms with Gasteiger partial charge < -0.3 is 10.1 Å². The molecule has 0 bridgehead atoms. The Balaban J connectivity index is 1.68. The van der Waals surface area contributed by atoms with Crippen molar-refractivity contribution in [1.82, 2.24) is 15.5 Å². The van der Waals surface area contributed by atoms with Crippen LogP contribution in [-0.4, -0.2) is 35.2 Å². The summed E-state index contributed by atoms with van der Waals surface area (Å²) in [6.45, 7) is 4.85. The summed E-state index contributed by atoms with van der Waals surface area (Å²) >= 11 is 0. The summed E-state index contributed by atoms with van der Waals surface area (Å²) in [7, 11) is 0. The van der Waals surface area contributed by atoms with Crippen LogP contribution >= 0.6 is 0 Å². The average molecular weight is 331 g/mol. The molecule has 0 spiro atoms. The van der Waals surface area contributed by atoms with Crippen LogP contribution in [0.25, 0.3) is 10.9 Å². The van der Waals surface area contributed by atoms with E-state index in [1.165, 1.54) is 0 Å². The molecule has 0 saturated carbocycles. The molecule has 6 nitrogen and oxygen atoms in total. The van der Waals surface area contributed by atoms with Gasteiger partial charge in [0.15, 0.2) is 5.69 Å². The van der Waals surface area contributed by atoms with E-state index in [2.05, 4.69) is 15.5 Å². The molecule has 2 rings (SSSR count). The second-order valence-corrected chi connectivity index (χ2v) is 5.85. The number of carbonyl (C=O) groups is 2. The van der Waals surface area contributed by atoms with E-state index in [0.717, 1.165) is 42.1 Å². The van der Waals surface area contributed by atoms with Crippen molar-refractivity contribution in [2.24, 2.45) is 0 Å². The lowest BCUT2D eigenvalue weighted by atomic mass is 10.1. The Morgan fingerprint density at radius 1 is 1.21 bits per heavy atom. The summed E-state index contributed by atoms with van der Waals surface area (Å²) in [6.07, 6.45) is 4.12. The van der Waals surface area contributed by atoms with Gasteiger partial charge in [0, 0.05) is 18.4 Å². The van der Waals surface area contributed by atoms with Crippen LogP contribution in [0.4, 0.5) is 0 Å². The second-order valence-electron chi connectivity index (χ2n) is 5.85. The lowest BCUT2D eigenvalue weighted by Gasteiger charge is -2.04. The molecule has 1 heterocycles. The Morgan fingerprint density at radius 3 is 2.79 bits per heavy atom. The minimum atomic E-state index is -0.154. The van der Waals surface area contributed by atoms with E-state index in [1.54, 1.807) is 0 Å². The zero-order valence-corrected chi connectivity index (χ0v) is 14.4. The van der Waals surface area contributed by atoms with Gasteiger partial charge in [-0.05, 0) is 38.8 Å². The molecule has 0 atom stereocenters. The van der Waals surface area contributed by atoms with Gasteiger partial charge in [0.1, 0.15) is 0 Å². The molecule has 6 heteroatoms. The lowest BCUT2D eigenvalue weighted by Crippen LogP contribution is -2.25. The molecule has 0 aliphatic rings. The van der Waals surface area contributed by atoms with E-state index < -0.39 is 0 Å². The van der Waals surface area contributed by atoms with Crippen LogP contribution in [0, 0.1) is 6.92 Å². The number of benzene rings is 1. The molecule has 1 aromatic heterocycles. The number of H-pyrrole nitrogens is 1. The SMILES string of the molecule is CCOC(=O)CCCCCCNC(=O)c1n[nH]c2ccc(C)cc12. The molecule has 0 unspecified atom stereocenters. The number of carbonyl (C=O) groups excluding carboxylic acids is 2. The third kappa shape index (κ3) is 5.08. The fourth-order valence-corrected chi connectivity index (χ4v) is 2.57. The van der Waals surface area contributed by atoms with Crippen LogP contribution < -0.4 is 5.32 Å². The van der Waals surface area contributed by atoms with Crippen LogP contribution in [0.15, 0.2) is 18.2 Å². The smallest absolute Gasteiger partial charge is 0.305 e. The van der Waals surface area contributed by atoms with E-state index in [0.29, 0.717) is 25.3 Å².